The Balaban J connectivity index is 2.18. The van der Waals surface area contributed by atoms with Gasteiger partial charge in [-0.05, 0) is 13.8 Å². The van der Waals surface area contributed by atoms with Gasteiger partial charge < -0.3 is 5.32 Å². The van der Waals surface area contributed by atoms with Gasteiger partial charge in [-0.25, -0.2) is 0 Å². The fraction of sp³-hybridized carbons (Fsp3) is 0.818. The van der Waals surface area contributed by atoms with E-state index in [9.17, 15) is 9.59 Å². The molecule has 2 fully saturated rings. The second kappa shape index (κ2) is 3.82. The van der Waals surface area contributed by atoms with E-state index in [0.29, 0.717) is 6.42 Å². The number of rotatable bonds is 1. The number of hydrogen-bond donors (Lipinski definition) is 1. The SMILES string of the molecule is CN1C(=O)CC(N2CCNCC2(C)C)C1=O. The van der Waals surface area contributed by atoms with E-state index in [-0.39, 0.29) is 23.4 Å². The van der Waals surface area contributed by atoms with Crippen LogP contribution >= 0.6 is 0 Å². The zero-order chi connectivity index (χ0) is 11.9. The molecule has 0 radical (unpaired) electrons. The lowest BCUT2D eigenvalue weighted by Gasteiger charge is -2.45. The summed E-state index contributed by atoms with van der Waals surface area (Å²) >= 11 is 0. The number of piperazine rings is 1. The molecule has 0 aromatic heterocycles. The minimum atomic E-state index is -0.255. The summed E-state index contributed by atoms with van der Waals surface area (Å²) in [5, 5.41) is 3.31. The van der Waals surface area contributed by atoms with E-state index in [0.717, 1.165) is 19.6 Å². The van der Waals surface area contributed by atoms with Crippen LogP contribution in [0.5, 0.6) is 0 Å². The molecule has 1 atom stereocenters. The van der Waals surface area contributed by atoms with Gasteiger partial charge in [-0.2, -0.15) is 0 Å². The summed E-state index contributed by atoms with van der Waals surface area (Å²) < 4.78 is 0. The molecule has 2 saturated heterocycles. The average molecular weight is 225 g/mol. The summed E-state index contributed by atoms with van der Waals surface area (Å²) in [6.07, 6.45) is 0.332. The van der Waals surface area contributed by atoms with Gasteiger partial charge in [0.05, 0.1) is 12.5 Å². The Hall–Kier alpha value is -0.940. The van der Waals surface area contributed by atoms with Gasteiger partial charge in [-0.3, -0.25) is 19.4 Å². The molecule has 2 rings (SSSR count). The molecule has 0 aromatic carbocycles. The molecule has 0 bridgehead atoms. The molecule has 0 aromatic rings. The minimum absolute atomic E-state index is 0.0556. The number of carbonyl (C=O) groups excluding carboxylic acids is 2. The maximum Gasteiger partial charge on any atom is 0.246 e. The lowest BCUT2D eigenvalue weighted by atomic mass is 9.97. The Labute approximate surface area is 95.8 Å². The van der Waals surface area contributed by atoms with Gasteiger partial charge in [0.15, 0.2) is 0 Å². The van der Waals surface area contributed by atoms with Gasteiger partial charge >= 0.3 is 0 Å². The van der Waals surface area contributed by atoms with Crippen LogP contribution in [0.25, 0.3) is 0 Å². The van der Waals surface area contributed by atoms with Crippen molar-refractivity contribution in [2.75, 3.05) is 26.7 Å². The maximum atomic E-state index is 11.9. The summed E-state index contributed by atoms with van der Waals surface area (Å²) in [6.45, 7) is 6.77. The zero-order valence-corrected chi connectivity index (χ0v) is 10.1. The lowest BCUT2D eigenvalue weighted by molar-refractivity contribution is -0.139. The normalized spacial score (nSPS) is 31.2. The van der Waals surface area contributed by atoms with Crippen LogP contribution in [0.15, 0.2) is 0 Å². The molecule has 16 heavy (non-hydrogen) atoms. The fourth-order valence-corrected chi connectivity index (χ4v) is 2.56. The van der Waals surface area contributed by atoms with Crippen molar-refractivity contribution in [3.63, 3.8) is 0 Å². The van der Waals surface area contributed by atoms with Gasteiger partial charge in [-0.1, -0.05) is 0 Å². The first-order chi connectivity index (χ1) is 7.43. The maximum absolute atomic E-state index is 11.9. The highest BCUT2D eigenvalue weighted by Crippen LogP contribution is 2.26. The number of nitrogens with one attached hydrogen (secondary N) is 1. The van der Waals surface area contributed by atoms with Crippen LogP contribution < -0.4 is 5.32 Å². The number of likely N-dealkylation sites (N-methyl/N-ethyl adjacent to an activating group) is 1. The number of amides is 2. The standard InChI is InChI=1S/C11H19N3O2/c1-11(2)7-12-4-5-14(11)8-6-9(15)13(3)10(8)16/h8,12H,4-7H2,1-3H3. The van der Waals surface area contributed by atoms with Gasteiger partial charge in [-0.15, -0.1) is 0 Å². The molecule has 0 spiro atoms. The summed E-state index contributed by atoms with van der Waals surface area (Å²) in [7, 11) is 1.57. The van der Waals surface area contributed by atoms with Crippen LogP contribution in [-0.4, -0.2) is 59.9 Å². The van der Waals surface area contributed by atoms with Crippen LogP contribution in [0.3, 0.4) is 0 Å². The van der Waals surface area contributed by atoms with Crippen LogP contribution in [0.4, 0.5) is 0 Å². The average Bonchev–Trinajstić information content (AvgIpc) is 2.46. The summed E-state index contributed by atoms with van der Waals surface area (Å²) in [4.78, 5) is 26.9. The van der Waals surface area contributed by atoms with E-state index in [1.54, 1.807) is 7.05 Å². The predicted octanol–water partition coefficient (Wildman–Crippen LogP) is -0.572. The number of likely N-dealkylation sites (tertiary alicyclic amines) is 1. The van der Waals surface area contributed by atoms with Gasteiger partial charge in [0.2, 0.25) is 11.8 Å². The van der Waals surface area contributed by atoms with Crippen molar-refractivity contribution in [3.05, 3.63) is 0 Å². The number of nitrogens with zero attached hydrogens (tertiary/aromatic N) is 2. The first-order valence-electron chi connectivity index (χ1n) is 5.71. The molecule has 0 aliphatic carbocycles. The van der Waals surface area contributed by atoms with Crippen molar-refractivity contribution >= 4 is 11.8 Å². The highest BCUT2D eigenvalue weighted by atomic mass is 16.2. The van der Waals surface area contributed by atoms with Gasteiger partial charge in [0.1, 0.15) is 0 Å². The van der Waals surface area contributed by atoms with Crippen LogP contribution in [0.1, 0.15) is 20.3 Å². The van der Waals surface area contributed by atoms with E-state index in [4.69, 9.17) is 0 Å². The smallest absolute Gasteiger partial charge is 0.246 e. The molecule has 5 nitrogen and oxygen atoms in total. The lowest BCUT2D eigenvalue weighted by Crippen LogP contribution is -2.62. The van der Waals surface area contributed by atoms with Crippen molar-refractivity contribution in [2.24, 2.45) is 0 Å². The van der Waals surface area contributed by atoms with Crippen LogP contribution in [-0.2, 0) is 9.59 Å². The molecular weight excluding hydrogens is 206 g/mol. The third-order valence-electron chi connectivity index (χ3n) is 3.60. The molecule has 2 amide bonds. The summed E-state index contributed by atoms with van der Waals surface area (Å²) in [6, 6.07) is -0.255. The fourth-order valence-electron chi connectivity index (χ4n) is 2.56. The molecular formula is C11H19N3O2. The first-order valence-corrected chi connectivity index (χ1v) is 5.71. The van der Waals surface area contributed by atoms with Crippen molar-refractivity contribution < 1.29 is 9.59 Å². The Morgan fingerprint density at radius 3 is 2.56 bits per heavy atom. The van der Waals surface area contributed by atoms with E-state index < -0.39 is 0 Å². The Kier molecular flexibility index (Phi) is 2.75. The predicted molar refractivity (Wildman–Crippen MR) is 59.8 cm³/mol. The number of carbonyl (C=O) groups is 2. The van der Waals surface area contributed by atoms with E-state index in [1.165, 1.54) is 4.90 Å². The molecule has 1 N–H and O–H groups in total. The van der Waals surface area contributed by atoms with E-state index in [1.807, 2.05) is 0 Å². The van der Waals surface area contributed by atoms with Gasteiger partial charge in [0.25, 0.3) is 0 Å². The molecule has 5 heteroatoms. The Morgan fingerprint density at radius 1 is 1.38 bits per heavy atom. The highest BCUT2D eigenvalue weighted by Gasteiger charge is 2.45. The van der Waals surface area contributed by atoms with Gasteiger partial charge in [0, 0.05) is 32.2 Å². The topological polar surface area (TPSA) is 52.7 Å². The molecule has 1 unspecified atom stereocenters. The third kappa shape index (κ3) is 1.74. The quantitative estimate of drug-likeness (QED) is 0.607. The zero-order valence-electron chi connectivity index (χ0n) is 10.1. The highest BCUT2D eigenvalue weighted by molar-refractivity contribution is 6.05. The molecule has 2 aliphatic rings. The molecule has 2 aliphatic heterocycles. The first kappa shape index (κ1) is 11.5. The van der Waals surface area contributed by atoms with Crippen molar-refractivity contribution in [2.45, 2.75) is 31.8 Å². The molecule has 2 heterocycles. The van der Waals surface area contributed by atoms with Crippen molar-refractivity contribution in [3.8, 4) is 0 Å². The Bertz CT molecular complexity index is 327. The van der Waals surface area contributed by atoms with Crippen molar-refractivity contribution in [1.82, 2.24) is 15.1 Å². The number of hydrogen-bond acceptors (Lipinski definition) is 4. The van der Waals surface area contributed by atoms with Crippen molar-refractivity contribution in [1.29, 1.82) is 0 Å². The van der Waals surface area contributed by atoms with E-state index >= 15 is 0 Å². The second-order valence-corrected chi connectivity index (χ2v) is 5.19. The third-order valence-corrected chi connectivity index (χ3v) is 3.60. The monoisotopic (exact) mass is 225 g/mol. The largest absolute Gasteiger partial charge is 0.314 e. The minimum Gasteiger partial charge on any atom is -0.314 e. The van der Waals surface area contributed by atoms with E-state index in [2.05, 4.69) is 24.1 Å². The summed E-state index contributed by atoms with van der Waals surface area (Å²) in [5.41, 5.74) is -0.0654. The number of imide groups is 1. The molecule has 90 valence electrons. The second-order valence-electron chi connectivity index (χ2n) is 5.19. The Morgan fingerprint density at radius 2 is 2.06 bits per heavy atom. The van der Waals surface area contributed by atoms with Crippen LogP contribution in [0.2, 0.25) is 0 Å². The summed E-state index contributed by atoms with van der Waals surface area (Å²) in [5.74, 6) is -0.121. The molecule has 0 saturated carbocycles. The van der Waals surface area contributed by atoms with Crippen LogP contribution in [0, 0.1) is 0 Å².